The third-order valence-electron chi connectivity index (χ3n) is 1.82. The van der Waals surface area contributed by atoms with Crippen molar-refractivity contribution < 1.29 is 9.53 Å². The van der Waals surface area contributed by atoms with E-state index in [9.17, 15) is 4.79 Å². The lowest BCUT2D eigenvalue weighted by Crippen LogP contribution is -2.10. The van der Waals surface area contributed by atoms with E-state index >= 15 is 0 Å². The first-order valence-electron chi connectivity index (χ1n) is 4.50. The molecular formula is C12H11NO2. The first kappa shape index (κ1) is 11.2. The van der Waals surface area contributed by atoms with Crippen LogP contribution in [0.4, 0.5) is 0 Å². The molecule has 1 aromatic carbocycles. The highest BCUT2D eigenvalue weighted by Gasteiger charge is 2.09. The first-order valence-corrected chi connectivity index (χ1v) is 4.50. The van der Waals surface area contributed by atoms with Gasteiger partial charge < -0.3 is 4.74 Å². The van der Waals surface area contributed by atoms with Gasteiger partial charge in [-0.05, 0) is 12.1 Å². The number of nitrogens with zero attached hydrogens (tertiary/aromatic N) is 1. The second-order valence-electron chi connectivity index (χ2n) is 2.88. The molecule has 0 atom stereocenters. The van der Waals surface area contributed by atoms with Crippen LogP contribution in [0.2, 0.25) is 0 Å². The molecule has 0 spiro atoms. The van der Waals surface area contributed by atoms with Gasteiger partial charge in [0.25, 0.3) is 0 Å². The Morgan fingerprint density at radius 3 is 2.93 bits per heavy atom. The Labute approximate surface area is 88.6 Å². The van der Waals surface area contributed by atoms with Crippen LogP contribution in [0.25, 0.3) is 0 Å². The van der Waals surface area contributed by atoms with E-state index in [1.807, 2.05) is 6.07 Å². The fourth-order valence-corrected chi connectivity index (χ4v) is 1.14. The highest BCUT2D eigenvalue weighted by molar-refractivity contribution is 5.99. The smallest absolute Gasteiger partial charge is 0.189 e. The molecule has 0 amide bonds. The van der Waals surface area contributed by atoms with Crippen LogP contribution in [-0.4, -0.2) is 19.0 Å². The summed E-state index contributed by atoms with van der Waals surface area (Å²) >= 11 is 0. The molecule has 0 unspecified atom stereocenters. The van der Waals surface area contributed by atoms with Gasteiger partial charge in [-0.2, -0.15) is 5.26 Å². The Bertz CT molecular complexity index is 404. The van der Waals surface area contributed by atoms with Gasteiger partial charge >= 0.3 is 0 Å². The van der Waals surface area contributed by atoms with E-state index < -0.39 is 0 Å². The second-order valence-corrected chi connectivity index (χ2v) is 2.88. The van der Waals surface area contributed by atoms with E-state index in [0.717, 1.165) is 0 Å². The van der Waals surface area contributed by atoms with Crippen LogP contribution < -0.4 is 0 Å². The van der Waals surface area contributed by atoms with E-state index in [4.69, 9.17) is 10.00 Å². The van der Waals surface area contributed by atoms with E-state index in [1.165, 1.54) is 0 Å². The largest absolute Gasteiger partial charge is 0.369 e. The van der Waals surface area contributed by atoms with Gasteiger partial charge in [-0.1, -0.05) is 18.2 Å². The summed E-state index contributed by atoms with van der Waals surface area (Å²) in [4.78, 5) is 11.6. The molecule has 1 rings (SSSR count). The number of hydrogen-bond donors (Lipinski definition) is 0. The van der Waals surface area contributed by atoms with Crippen molar-refractivity contribution in [1.82, 2.24) is 0 Å². The maximum absolute atomic E-state index is 11.6. The minimum absolute atomic E-state index is 0.0231. The molecule has 0 bridgehead atoms. The number of carbonyl (C=O) groups is 1. The van der Waals surface area contributed by atoms with Gasteiger partial charge in [0.1, 0.15) is 6.61 Å². The topological polar surface area (TPSA) is 50.1 Å². The van der Waals surface area contributed by atoms with Crippen molar-refractivity contribution in [1.29, 1.82) is 5.26 Å². The highest BCUT2D eigenvalue weighted by atomic mass is 16.5. The summed E-state index contributed by atoms with van der Waals surface area (Å²) in [5.74, 6) is -0.186. The van der Waals surface area contributed by atoms with E-state index in [-0.39, 0.29) is 12.4 Å². The molecule has 0 heterocycles. The molecule has 0 radical (unpaired) electrons. The monoisotopic (exact) mass is 201 g/mol. The van der Waals surface area contributed by atoms with Crippen molar-refractivity contribution >= 4 is 5.78 Å². The number of ether oxygens (including phenoxy) is 1. The molecular weight excluding hydrogens is 190 g/mol. The van der Waals surface area contributed by atoms with Gasteiger partial charge in [-0.25, -0.2) is 0 Å². The number of carbonyl (C=O) groups excluding carboxylic acids is 1. The van der Waals surface area contributed by atoms with Gasteiger partial charge in [0.2, 0.25) is 0 Å². The molecule has 0 aliphatic rings. The number of nitriles is 1. The molecule has 0 aliphatic heterocycles. The zero-order valence-corrected chi connectivity index (χ0v) is 8.27. The third kappa shape index (κ3) is 3.04. The van der Waals surface area contributed by atoms with Gasteiger partial charge in [-0.15, -0.1) is 6.58 Å². The lowest BCUT2D eigenvalue weighted by atomic mass is 10.1. The average Bonchev–Trinajstić information content (AvgIpc) is 2.29. The van der Waals surface area contributed by atoms with Crippen LogP contribution in [0.15, 0.2) is 36.9 Å². The molecule has 0 fully saturated rings. The molecule has 76 valence electrons. The van der Waals surface area contributed by atoms with E-state index in [2.05, 4.69) is 6.58 Å². The number of ketones is 1. The maximum Gasteiger partial charge on any atom is 0.189 e. The lowest BCUT2D eigenvalue weighted by molar-refractivity contribution is 0.0806. The lowest BCUT2D eigenvalue weighted by Gasteiger charge is -2.02. The Kier molecular flexibility index (Phi) is 4.27. The Morgan fingerprint density at radius 2 is 2.27 bits per heavy atom. The quantitative estimate of drug-likeness (QED) is 0.415. The molecule has 0 N–H and O–H groups in total. The summed E-state index contributed by atoms with van der Waals surface area (Å²) < 4.78 is 5.02. The summed E-state index contributed by atoms with van der Waals surface area (Å²) in [5.41, 5.74) is 0.786. The molecule has 0 aliphatic carbocycles. The molecule has 0 aromatic heterocycles. The fraction of sp³-hybridized carbons (Fsp3) is 0.167. The molecule has 1 aromatic rings. The average molecular weight is 201 g/mol. The Morgan fingerprint density at radius 1 is 1.53 bits per heavy atom. The summed E-state index contributed by atoms with van der Waals surface area (Å²) in [5, 5.41) is 8.78. The van der Waals surface area contributed by atoms with Crippen molar-refractivity contribution in [2.45, 2.75) is 0 Å². The number of rotatable bonds is 5. The predicted molar refractivity (Wildman–Crippen MR) is 56.5 cm³/mol. The highest BCUT2D eigenvalue weighted by Crippen LogP contribution is 2.08. The molecule has 0 saturated carbocycles. The van der Waals surface area contributed by atoms with E-state index in [1.54, 1.807) is 30.3 Å². The minimum Gasteiger partial charge on any atom is -0.369 e. The normalized spacial score (nSPS) is 9.27. The second kappa shape index (κ2) is 5.74. The Hall–Kier alpha value is -1.92. The number of hydrogen-bond acceptors (Lipinski definition) is 3. The van der Waals surface area contributed by atoms with Crippen molar-refractivity contribution in [3.05, 3.63) is 48.0 Å². The van der Waals surface area contributed by atoms with Crippen LogP contribution in [0.1, 0.15) is 15.9 Å². The molecule has 15 heavy (non-hydrogen) atoms. The summed E-state index contributed by atoms with van der Waals surface area (Å²) in [6.45, 7) is 3.79. The Balaban J connectivity index is 2.74. The number of Topliss-reactive ketones (excluding diaryl/α,β-unsaturated/α-hetero) is 1. The summed E-state index contributed by atoms with van der Waals surface area (Å²) in [6, 6.07) is 8.65. The summed E-state index contributed by atoms with van der Waals surface area (Å²) in [6.07, 6.45) is 1.57. The fourth-order valence-electron chi connectivity index (χ4n) is 1.14. The van der Waals surface area contributed by atoms with Gasteiger partial charge in [0.05, 0.1) is 18.2 Å². The van der Waals surface area contributed by atoms with Gasteiger partial charge in [0, 0.05) is 5.56 Å². The van der Waals surface area contributed by atoms with Crippen LogP contribution in [0.3, 0.4) is 0 Å². The zero-order chi connectivity index (χ0) is 11.1. The van der Waals surface area contributed by atoms with Gasteiger partial charge in [0.15, 0.2) is 5.78 Å². The molecule has 3 nitrogen and oxygen atoms in total. The predicted octanol–water partition coefficient (Wildman–Crippen LogP) is 1.94. The number of benzene rings is 1. The van der Waals surface area contributed by atoms with Crippen LogP contribution in [-0.2, 0) is 4.74 Å². The SMILES string of the molecule is C=CCOCC(=O)c1ccccc1C#N. The van der Waals surface area contributed by atoms with Gasteiger partial charge in [-0.3, -0.25) is 4.79 Å². The van der Waals surface area contributed by atoms with Crippen molar-refractivity contribution in [2.24, 2.45) is 0 Å². The van der Waals surface area contributed by atoms with E-state index in [0.29, 0.717) is 17.7 Å². The maximum atomic E-state index is 11.6. The van der Waals surface area contributed by atoms with Crippen molar-refractivity contribution in [3.8, 4) is 6.07 Å². The van der Waals surface area contributed by atoms with Crippen LogP contribution in [0.5, 0.6) is 0 Å². The van der Waals surface area contributed by atoms with Crippen molar-refractivity contribution in [2.75, 3.05) is 13.2 Å². The minimum atomic E-state index is -0.186. The molecule has 0 saturated heterocycles. The third-order valence-corrected chi connectivity index (χ3v) is 1.82. The van der Waals surface area contributed by atoms with Crippen molar-refractivity contribution in [3.63, 3.8) is 0 Å². The first-order chi connectivity index (χ1) is 7.29. The molecule has 3 heteroatoms. The standard InChI is InChI=1S/C12H11NO2/c1-2-7-15-9-12(14)11-6-4-3-5-10(11)8-13/h2-6H,1,7,9H2. The van der Waals surface area contributed by atoms with Crippen LogP contribution >= 0.6 is 0 Å². The summed E-state index contributed by atoms with van der Waals surface area (Å²) in [7, 11) is 0. The van der Waals surface area contributed by atoms with Crippen LogP contribution in [0, 0.1) is 11.3 Å². The zero-order valence-electron chi connectivity index (χ0n) is 8.27.